The van der Waals surface area contributed by atoms with Gasteiger partial charge in [-0.1, -0.05) is 17.7 Å². The number of nitrogens with zero attached hydrogens (tertiary/aromatic N) is 1. The van der Waals surface area contributed by atoms with E-state index >= 15 is 0 Å². The Labute approximate surface area is 112 Å². The van der Waals surface area contributed by atoms with Crippen molar-refractivity contribution in [1.29, 1.82) is 0 Å². The van der Waals surface area contributed by atoms with E-state index in [0.29, 0.717) is 11.7 Å². The van der Waals surface area contributed by atoms with Crippen molar-refractivity contribution < 1.29 is 9.21 Å². The third-order valence-electron chi connectivity index (χ3n) is 2.98. The van der Waals surface area contributed by atoms with E-state index in [1.54, 1.807) is 6.92 Å². The van der Waals surface area contributed by atoms with Crippen LogP contribution in [-0.2, 0) is 11.2 Å². The molecule has 1 aromatic carbocycles. The Morgan fingerprint density at radius 1 is 1.26 bits per heavy atom. The van der Waals surface area contributed by atoms with Gasteiger partial charge in [-0.05, 0) is 32.4 Å². The Morgan fingerprint density at radius 3 is 2.58 bits per heavy atom. The number of anilines is 1. The van der Waals surface area contributed by atoms with Crippen LogP contribution in [0.1, 0.15) is 28.5 Å². The van der Waals surface area contributed by atoms with Gasteiger partial charge in [0.25, 0.3) is 0 Å². The average Bonchev–Trinajstić information content (AvgIpc) is 2.61. The lowest BCUT2D eigenvalue weighted by molar-refractivity contribution is -0.115. The predicted molar refractivity (Wildman–Crippen MR) is 74.2 cm³/mol. The molecule has 1 amide bonds. The number of aryl methyl sites for hydroxylation is 4. The smallest absolute Gasteiger partial charge is 0.232 e. The van der Waals surface area contributed by atoms with Crippen LogP contribution >= 0.6 is 0 Å². The number of amides is 1. The van der Waals surface area contributed by atoms with Gasteiger partial charge in [0.15, 0.2) is 5.89 Å². The summed E-state index contributed by atoms with van der Waals surface area (Å²) >= 11 is 0. The number of hydrogen-bond donors (Lipinski definition) is 1. The van der Waals surface area contributed by atoms with Crippen molar-refractivity contribution in [2.45, 2.75) is 34.1 Å². The van der Waals surface area contributed by atoms with E-state index in [-0.39, 0.29) is 12.3 Å². The highest BCUT2D eigenvalue weighted by Crippen LogP contribution is 2.17. The minimum Gasteiger partial charge on any atom is -0.445 e. The van der Waals surface area contributed by atoms with Gasteiger partial charge in [-0.15, -0.1) is 0 Å². The van der Waals surface area contributed by atoms with Crippen molar-refractivity contribution in [2.24, 2.45) is 0 Å². The van der Waals surface area contributed by atoms with Gasteiger partial charge in [0, 0.05) is 12.6 Å². The second-order valence-electron chi connectivity index (χ2n) is 4.78. The first kappa shape index (κ1) is 13.3. The lowest BCUT2D eigenvalue weighted by Crippen LogP contribution is -2.15. The molecule has 1 aromatic heterocycles. The summed E-state index contributed by atoms with van der Waals surface area (Å²) in [6.07, 6.45) is 0.208. The fourth-order valence-electron chi connectivity index (χ4n) is 2.03. The molecule has 0 saturated heterocycles. The van der Waals surface area contributed by atoms with Gasteiger partial charge in [-0.25, -0.2) is 4.98 Å². The van der Waals surface area contributed by atoms with Gasteiger partial charge >= 0.3 is 0 Å². The maximum Gasteiger partial charge on any atom is 0.232 e. The molecule has 2 rings (SSSR count). The molecule has 0 aliphatic carbocycles. The maximum atomic E-state index is 12.0. The van der Waals surface area contributed by atoms with Gasteiger partial charge in [-0.3, -0.25) is 4.79 Å². The molecule has 0 spiro atoms. The lowest BCUT2D eigenvalue weighted by atomic mass is 10.1. The molecule has 2 aromatic rings. The summed E-state index contributed by atoms with van der Waals surface area (Å²) in [6.45, 7) is 7.63. The highest BCUT2D eigenvalue weighted by atomic mass is 16.4. The standard InChI is InChI=1S/C15H18N2O2/c1-9-5-6-13(10(2)7-9)17-15(18)8-14-11(3)16-12(4)19-14/h5-7H,8H2,1-4H3,(H,17,18). The van der Waals surface area contributed by atoms with E-state index < -0.39 is 0 Å². The van der Waals surface area contributed by atoms with Crippen molar-refractivity contribution in [1.82, 2.24) is 4.98 Å². The van der Waals surface area contributed by atoms with Crippen LogP contribution < -0.4 is 5.32 Å². The molecule has 1 N–H and O–H groups in total. The molecule has 0 aliphatic heterocycles. The highest BCUT2D eigenvalue weighted by molar-refractivity contribution is 5.92. The fourth-order valence-corrected chi connectivity index (χ4v) is 2.03. The SMILES string of the molecule is Cc1ccc(NC(=O)Cc2oc(C)nc2C)c(C)c1. The largest absolute Gasteiger partial charge is 0.445 e. The number of carbonyl (C=O) groups excluding carboxylic acids is 1. The molecule has 0 bridgehead atoms. The van der Waals surface area contributed by atoms with Crippen LogP contribution in [0.5, 0.6) is 0 Å². The molecule has 4 heteroatoms. The van der Waals surface area contributed by atoms with Crippen LogP contribution in [0.15, 0.2) is 22.6 Å². The molecule has 0 unspecified atom stereocenters. The van der Waals surface area contributed by atoms with E-state index in [0.717, 1.165) is 16.9 Å². The number of hydrogen-bond acceptors (Lipinski definition) is 3. The second kappa shape index (κ2) is 5.26. The third-order valence-corrected chi connectivity index (χ3v) is 2.98. The number of nitrogens with one attached hydrogen (secondary N) is 1. The zero-order valence-electron chi connectivity index (χ0n) is 11.7. The van der Waals surface area contributed by atoms with E-state index in [1.165, 1.54) is 5.56 Å². The molecule has 1 heterocycles. The van der Waals surface area contributed by atoms with E-state index in [2.05, 4.69) is 10.3 Å². The maximum absolute atomic E-state index is 12.0. The third kappa shape index (κ3) is 3.22. The van der Waals surface area contributed by atoms with Crippen molar-refractivity contribution >= 4 is 11.6 Å². The molecule has 19 heavy (non-hydrogen) atoms. The van der Waals surface area contributed by atoms with E-state index in [9.17, 15) is 4.79 Å². The van der Waals surface area contributed by atoms with Gasteiger partial charge in [0.05, 0.1) is 12.1 Å². The molecule has 100 valence electrons. The zero-order chi connectivity index (χ0) is 14.0. The van der Waals surface area contributed by atoms with Crippen LogP contribution in [0.3, 0.4) is 0 Å². The van der Waals surface area contributed by atoms with Crippen molar-refractivity contribution in [3.8, 4) is 0 Å². The summed E-state index contributed by atoms with van der Waals surface area (Å²) in [7, 11) is 0. The molecule has 0 aliphatic rings. The Kier molecular flexibility index (Phi) is 3.69. The Morgan fingerprint density at radius 2 is 2.00 bits per heavy atom. The molecule has 4 nitrogen and oxygen atoms in total. The average molecular weight is 258 g/mol. The van der Waals surface area contributed by atoms with Gasteiger partial charge < -0.3 is 9.73 Å². The first-order chi connectivity index (χ1) is 8.95. The fraction of sp³-hybridized carbons (Fsp3) is 0.333. The summed E-state index contributed by atoms with van der Waals surface area (Å²) in [6, 6.07) is 5.94. The van der Waals surface area contributed by atoms with E-state index in [4.69, 9.17) is 4.42 Å². The van der Waals surface area contributed by atoms with Crippen LogP contribution in [0.2, 0.25) is 0 Å². The van der Waals surface area contributed by atoms with Gasteiger partial charge in [-0.2, -0.15) is 0 Å². The quantitative estimate of drug-likeness (QED) is 0.920. The molecule has 0 radical (unpaired) electrons. The number of aromatic nitrogens is 1. The monoisotopic (exact) mass is 258 g/mol. The molecule has 0 atom stereocenters. The highest BCUT2D eigenvalue weighted by Gasteiger charge is 2.12. The van der Waals surface area contributed by atoms with Crippen molar-refractivity contribution in [3.05, 3.63) is 46.7 Å². The Balaban J connectivity index is 2.07. The molecule has 0 fully saturated rings. The molecular formula is C15H18N2O2. The minimum atomic E-state index is -0.0915. The van der Waals surface area contributed by atoms with E-state index in [1.807, 2.05) is 39.0 Å². The molecular weight excluding hydrogens is 240 g/mol. The Bertz CT molecular complexity index is 615. The normalized spacial score (nSPS) is 10.5. The summed E-state index contributed by atoms with van der Waals surface area (Å²) in [5.41, 5.74) is 3.84. The van der Waals surface area contributed by atoms with Crippen molar-refractivity contribution in [3.63, 3.8) is 0 Å². The summed E-state index contributed by atoms with van der Waals surface area (Å²) < 4.78 is 5.40. The Hall–Kier alpha value is -2.10. The molecule has 0 saturated carbocycles. The zero-order valence-corrected chi connectivity index (χ0v) is 11.7. The van der Waals surface area contributed by atoms with Crippen molar-refractivity contribution in [2.75, 3.05) is 5.32 Å². The number of carbonyl (C=O) groups is 1. The van der Waals surface area contributed by atoms with Crippen LogP contribution in [0.25, 0.3) is 0 Å². The summed E-state index contributed by atoms with van der Waals surface area (Å²) in [5, 5.41) is 2.90. The first-order valence-corrected chi connectivity index (χ1v) is 6.25. The lowest BCUT2D eigenvalue weighted by Gasteiger charge is -2.08. The predicted octanol–water partition coefficient (Wildman–Crippen LogP) is 3.09. The number of oxazole rings is 1. The first-order valence-electron chi connectivity index (χ1n) is 6.25. The van der Waals surface area contributed by atoms with Gasteiger partial charge in [0.2, 0.25) is 5.91 Å². The van der Waals surface area contributed by atoms with Crippen LogP contribution in [0, 0.1) is 27.7 Å². The van der Waals surface area contributed by atoms with Crippen LogP contribution in [-0.4, -0.2) is 10.9 Å². The van der Waals surface area contributed by atoms with Crippen LogP contribution in [0.4, 0.5) is 5.69 Å². The minimum absolute atomic E-state index is 0.0915. The summed E-state index contributed by atoms with van der Waals surface area (Å²) in [5.74, 6) is 1.12. The summed E-state index contributed by atoms with van der Waals surface area (Å²) in [4.78, 5) is 16.1. The number of rotatable bonds is 3. The number of benzene rings is 1. The van der Waals surface area contributed by atoms with Gasteiger partial charge in [0.1, 0.15) is 5.76 Å². The second-order valence-corrected chi connectivity index (χ2v) is 4.78. The topological polar surface area (TPSA) is 55.1 Å².